The molecule has 2 rings (SSSR count). The maximum absolute atomic E-state index is 5.78. The molecule has 1 aliphatic rings. The van der Waals surface area contributed by atoms with Crippen LogP contribution >= 0.6 is 0 Å². The predicted octanol–water partition coefficient (Wildman–Crippen LogP) is 0.891. The number of aromatic nitrogens is 1. The largest absolute Gasteiger partial charge is 0.303 e. The van der Waals surface area contributed by atoms with Crippen LogP contribution in [0.5, 0.6) is 0 Å². The molecule has 1 atom stereocenters. The summed E-state index contributed by atoms with van der Waals surface area (Å²) in [5.41, 5.74) is 5.96. The molecule has 1 aromatic heterocycles. The Labute approximate surface area is 76.2 Å². The molecule has 0 fully saturated rings. The van der Waals surface area contributed by atoms with E-state index in [9.17, 15) is 0 Å². The van der Waals surface area contributed by atoms with Crippen molar-refractivity contribution in [2.75, 3.05) is 0 Å². The van der Waals surface area contributed by atoms with Crippen LogP contribution in [0.3, 0.4) is 0 Å². The van der Waals surface area contributed by atoms with Crippen molar-refractivity contribution >= 4 is 18.2 Å². The van der Waals surface area contributed by atoms with Crippen molar-refractivity contribution in [3.05, 3.63) is 23.9 Å². The molecule has 1 unspecified atom stereocenters. The molecule has 4 nitrogen and oxygen atoms in total. The van der Waals surface area contributed by atoms with E-state index in [0.717, 1.165) is 5.56 Å². The van der Waals surface area contributed by atoms with Crippen LogP contribution in [0.4, 0.5) is 5.82 Å². The molecule has 0 spiro atoms. The van der Waals surface area contributed by atoms with Crippen molar-refractivity contribution in [2.24, 2.45) is 15.7 Å². The maximum atomic E-state index is 5.78. The predicted molar refractivity (Wildman–Crippen MR) is 52.6 cm³/mol. The van der Waals surface area contributed by atoms with E-state index in [1.54, 1.807) is 25.5 Å². The topological polar surface area (TPSA) is 63.6 Å². The molecule has 2 N–H and O–H groups in total. The third-order valence-corrected chi connectivity index (χ3v) is 1.75. The van der Waals surface area contributed by atoms with E-state index < -0.39 is 5.66 Å². The Bertz CT molecular complexity index is 344. The Morgan fingerprint density at radius 3 is 3.15 bits per heavy atom. The average Bonchev–Trinajstić information content (AvgIpc) is 2.27. The van der Waals surface area contributed by atoms with Gasteiger partial charge in [0.25, 0.3) is 0 Å². The third kappa shape index (κ3) is 1.62. The molecular weight excluding hydrogens is 164 g/mol. The highest BCUT2D eigenvalue weighted by Crippen LogP contribution is 2.16. The Balaban J connectivity index is 2.53. The van der Waals surface area contributed by atoms with Gasteiger partial charge in [-0.3, -0.25) is 4.99 Å². The minimum atomic E-state index is -0.722. The number of rotatable bonds is 0. The van der Waals surface area contributed by atoms with Gasteiger partial charge in [-0.15, -0.1) is 0 Å². The Morgan fingerprint density at radius 2 is 2.31 bits per heavy atom. The minimum absolute atomic E-state index is 0.667. The number of pyridine rings is 1. The van der Waals surface area contributed by atoms with Crippen LogP contribution in [0, 0.1) is 0 Å². The number of nitrogens with two attached hydrogens (primary N) is 1. The van der Waals surface area contributed by atoms with Crippen LogP contribution in [0.2, 0.25) is 0 Å². The summed E-state index contributed by atoms with van der Waals surface area (Å²) < 4.78 is 0. The van der Waals surface area contributed by atoms with Crippen molar-refractivity contribution in [1.29, 1.82) is 0 Å². The smallest absolute Gasteiger partial charge is 0.160 e. The summed E-state index contributed by atoms with van der Waals surface area (Å²) in [5, 5.41) is 0. The lowest BCUT2D eigenvalue weighted by molar-refractivity contribution is 0.683. The van der Waals surface area contributed by atoms with Crippen molar-refractivity contribution in [1.82, 2.24) is 4.98 Å². The molecule has 4 heteroatoms. The van der Waals surface area contributed by atoms with E-state index in [1.165, 1.54) is 0 Å². The molecule has 0 saturated heterocycles. The fraction of sp³-hybridized carbons (Fsp3) is 0.222. The Kier molecular flexibility index (Phi) is 1.70. The summed E-state index contributed by atoms with van der Waals surface area (Å²) in [5.74, 6) is 0.667. The second kappa shape index (κ2) is 2.74. The van der Waals surface area contributed by atoms with Crippen LogP contribution in [0.1, 0.15) is 12.5 Å². The number of hydrogen-bond donors (Lipinski definition) is 1. The van der Waals surface area contributed by atoms with E-state index in [4.69, 9.17) is 5.73 Å². The van der Waals surface area contributed by atoms with Gasteiger partial charge in [0.2, 0.25) is 0 Å². The number of nitrogens with zero attached hydrogens (tertiary/aromatic N) is 3. The summed E-state index contributed by atoms with van der Waals surface area (Å²) in [6.07, 6.45) is 5.00. The first-order valence-corrected chi connectivity index (χ1v) is 4.02. The van der Waals surface area contributed by atoms with Gasteiger partial charge in [-0.25, -0.2) is 9.98 Å². The first kappa shape index (κ1) is 8.07. The summed E-state index contributed by atoms with van der Waals surface area (Å²) in [4.78, 5) is 12.4. The van der Waals surface area contributed by atoms with E-state index in [2.05, 4.69) is 15.0 Å². The Morgan fingerprint density at radius 1 is 1.46 bits per heavy atom. The second-order valence-electron chi connectivity index (χ2n) is 3.16. The molecule has 1 aliphatic heterocycles. The van der Waals surface area contributed by atoms with Crippen molar-refractivity contribution in [3.63, 3.8) is 0 Å². The third-order valence-electron chi connectivity index (χ3n) is 1.75. The summed E-state index contributed by atoms with van der Waals surface area (Å²) in [7, 11) is 0. The van der Waals surface area contributed by atoms with Gasteiger partial charge in [-0.1, -0.05) is 0 Å². The van der Waals surface area contributed by atoms with Gasteiger partial charge < -0.3 is 5.73 Å². The molecule has 0 bridgehead atoms. The molecule has 0 saturated carbocycles. The molecule has 66 valence electrons. The van der Waals surface area contributed by atoms with Crippen LogP contribution in [0.15, 0.2) is 28.3 Å². The summed E-state index contributed by atoms with van der Waals surface area (Å²) in [6, 6.07) is 3.75. The maximum Gasteiger partial charge on any atom is 0.160 e. The zero-order valence-electron chi connectivity index (χ0n) is 7.31. The first-order chi connectivity index (χ1) is 6.17. The fourth-order valence-corrected chi connectivity index (χ4v) is 1.05. The molecule has 2 heterocycles. The van der Waals surface area contributed by atoms with Gasteiger partial charge >= 0.3 is 0 Å². The van der Waals surface area contributed by atoms with E-state index in [-0.39, 0.29) is 0 Å². The van der Waals surface area contributed by atoms with Gasteiger partial charge in [0.1, 0.15) is 5.66 Å². The molecule has 0 radical (unpaired) electrons. The zero-order chi connectivity index (χ0) is 9.31. The standard InChI is InChI=1S/C9H10N4/c1-9(10)6-12-8-7(5-13-9)3-2-4-11-8/h2-6H,10H2,1H3. The van der Waals surface area contributed by atoms with Gasteiger partial charge in [0, 0.05) is 24.2 Å². The molecule has 1 aromatic rings. The van der Waals surface area contributed by atoms with Crippen LogP contribution < -0.4 is 5.73 Å². The SMILES string of the molecule is CC1(N)C=Nc2ncccc2C=N1. The quantitative estimate of drug-likeness (QED) is 0.634. The Hall–Kier alpha value is -1.55. The molecular formula is C9H10N4. The van der Waals surface area contributed by atoms with E-state index in [0.29, 0.717) is 5.82 Å². The van der Waals surface area contributed by atoms with E-state index in [1.807, 2.05) is 12.1 Å². The monoisotopic (exact) mass is 174 g/mol. The molecule has 0 aromatic carbocycles. The van der Waals surface area contributed by atoms with Gasteiger partial charge in [-0.2, -0.15) is 0 Å². The number of hydrogen-bond acceptors (Lipinski definition) is 4. The lowest BCUT2D eigenvalue weighted by Gasteiger charge is -2.10. The van der Waals surface area contributed by atoms with Gasteiger partial charge in [0.05, 0.1) is 0 Å². The van der Waals surface area contributed by atoms with Crippen molar-refractivity contribution < 1.29 is 0 Å². The van der Waals surface area contributed by atoms with Gasteiger partial charge in [-0.05, 0) is 19.1 Å². The van der Waals surface area contributed by atoms with Gasteiger partial charge in [0.15, 0.2) is 5.82 Å². The molecule has 0 aliphatic carbocycles. The van der Waals surface area contributed by atoms with E-state index >= 15 is 0 Å². The fourth-order valence-electron chi connectivity index (χ4n) is 1.05. The average molecular weight is 174 g/mol. The summed E-state index contributed by atoms with van der Waals surface area (Å²) in [6.45, 7) is 1.79. The number of fused-ring (bicyclic) bond motifs is 1. The second-order valence-corrected chi connectivity index (χ2v) is 3.16. The molecule has 13 heavy (non-hydrogen) atoms. The highest BCUT2D eigenvalue weighted by atomic mass is 15.1. The lowest BCUT2D eigenvalue weighted by atomic mass is 10.2. The van der Waals surface area contributed by atoms with Crippen LogP contribution in [-0.4, -0.2) is 23.1 Å². The highest BCUT2D eigenvalue weighted by molar-refractivity contribution is 5.90. The van der Waals surface area contributed by atoms with Crippen LogP contribution in [0.25, 0.3) is 0 Å². The first-order valence-electron chi connectivity index (χ1n) is 4.02. The lowest BCUT2D eigenvalue weighted by Crippen LogP contribution is -2.35. The number of aliphatic imine (C=N–C) groups is 2. The zero-order valence-corrected chi connectivity index (χ0v) is 7.31. The highest BCUT2D eigenvalue weighted by Gasteiger charge is 2.15. The molecule has 0 amide bonds. The van der Waals surface area contributed by atoms with Crippen LogP contribution in [-0.2, 0) is 0 Å². The minimum Gasteiger partial charge on any atom is -0.303 e. The normalized spacial score (nSPS) is 25.4. The summed E-state index contributed by atoms with van der Waals surface area (Å²) >= 11 is 0. The van der Waals surface area contributed by atoms with Crippen molar-refractivity contribution in [3.8, 4) is 0 Å². The van der Waals surface area contributed by atoms with Crippen molar-refractivity contribution in [2.45, 2.75) is 12.6 Å².